The molecule has 3 aromatic carbocycles. The predicted molar refractivity (Wildman–Crippen MR) is 127 cm³/mol. The summed E-state index contributed by atoms with van der Waals surface area (Å²) >= 11 is 0. The zero-order chi connectivity index (χ0) is 23.8. The average molecular weight is 462 g/mol. The molecule has 0 aliphatic carbocycles. The molecule has 0 spiro atoms. The summed E-state index contributed by atoms with van der Waals surface area (Å²) < 4.78 is 26.1. The van der Waals surface area contributed by atoms with E-state index >= 15 is 0 Å². The Balaban J connectivity index is 1.77. The van der Waals surface area contributed by atoms with E-state index in [-0.39, 0.29) is 11.9 Å². The monoisotopic (exact) mass is 461 g/mol. The molecule has 1 heterocycles. The molecular formula is C26H28FN5O2. The molecule has 1 unspecified atom stereocenters. The quantitative estimate of drug-likeness (QED) is 0.333. The summed E-state index contributed by atoms with van der Waals surface area (Å²) in [6.07, 6.45) is 0. The fourth-order valence-corrected chi connectivity index (χ4v) is 3.93. The van der Waals surface area contributed by atoms with Crippen LogP contribution in [0.2, 0.25) is 0 Å². The summed E-state index contributed by atoms with van der Waals surface area (Å²) in [5.74, 6) is 1.19. The van der Waals surface area contributed by atoms with Crippen LogP contribution in [0.3, 0.4) is 0 Å². The van der Waals surface area contributed by atoms with E-state index in [0.29, 0.717) is 32.1 Å². The normalized spacial score (nSPS) is 12.1. The Hall–Kier alpha value is -3.62. The molecule has 1 aromatic heterocycles. The molecule has 0 amide bonds. The Kier molecular flexibility index (Phi) is 7.95. The van der Waals surface area contributed by atoms with E-state index in [1.165, 1.54) is 12.1 Å². The van der Waals surface area contributed by atoms with Crippen LogP contribution in [0.25, 0.3) is 0 Å². The van der Waals surface area contributed by atoms with Gasteiger partial charge in [-0.1, -0.05) is 54.6 Å². The first-order valence-corrected chi connectivity index (χ1v) is 11.1. The highest BCUT2D eigenvalue weighted by atomic mass is 19.1. The van der Waals surface area contributed by atoms with Crippen LogP contribution in [0.15, 0.2) is 78.9 Å². The lowest BCUT2D eigenvalue weighted by atomic mass is 10.0. The van der Waals surface area contributed by atoms with E-state index in [9.17, 15) is 4.39 Å². The fourth-order valence-electron chi connectivity index (χ4n) is 3.93. The SMILES string of the molecule is COCCn1nnnc1C(c1ccc(F)cc1)N(Cc1ccccc1)Cc1ccc(OC)cc1. The van der Waals surface area contributed by atoms with Gasteiger partial charge in [0.15, 0.2) is 5.82 Å². The summed E-state index contributed by atoms with van der Waals surface area (Å²) in [5, 5.41) is 12.5. The highest BCUT2D eigenvalue weighted by molar-refractivity contribution is 5.30. The largest absolute Gasteiger partial charge is 0.497 e. The highest BCUT2D eigenvalue weighted by Crippen LogP contribution is 2.31. The zero-order valence-electron chi connectivity index (χ0n) is 19.3. The molecule has 1 atom stereocenters. The van der Waals surface area contributed by atoms with E-state index in [0.717, 1.165) is 22.4 Å². The third-order valence-electron chi connectivity index (χ3n) is 5.64. The zero-order valence-corrected chi connectivity index (χ0v) is 19.3. The molecule has 0 aliphatic heterocycles. The van der Waals surface area contributed by atoms with Gasteiger partial charge in [0.25, 0.3) is 0 Å². The molecule has 0 bridgehead atoms. The van der Waals surface area contributed by atoms with Crippen molar-refractivity contribution in [2.24, 2.45) is 0 Å². The first-order chi connectivity index (χ1) is 16.7. The maximum absolute atomic E-state index is 13.8. The lowest BCUT2D eigenvalue weighted by Crippen LogP contribution is -2.31. The highest BCUT2D eigenvalue weighted by Gasteiger charge is 2.28. The molecule has 0 fully saturated rings. The minimum atomic E-state index is -0.310. The van der Waals surface area contributed by atoms with Crippen LogP contribution >= 0.6 is 0 Å². The van der Waals surface area contributed by atoms with Crippen molar-refractivity contribution in [1.82, 2.24) is 25.1 Å². The maximum atomic E-state index is 13.8. The first-order valence-electron chi connectivity index (χ1n) is 11.1. The van der Waals surface area contributed by atoms with Crippen molar-refractivity contribution >= 4 is 0 Å². The number of benzene rings is 3. The van der Waals surface area contributed by atoms with E-state index in [2.05, 4.69) is 32.6 Å². The van der Waals surface area contributed by atoms with Gasteiger partial charge in [-0.15, -0.1) is 5.10 Å². The lowest BCUT2D eigenvalue weighted by Gasteiger charge is -2.31. The molecule has 176 valence electrons. The molecule has 8 heteroatoms. The Morgan fingerprint density at radius 1 is 0.882 bits per heavy atom. The standard InChI is InChI=1S/C26H28FN5O2/c1-33-17-16-32-26(28-29-30-32)25(22-10-12-23(27)13-11-22)31(18-20-6-4-3-5-7-20)19-21-8-14-24(34-2)15-9-21/h3-15,25H,16-19H2,1-2H3. The summed E-state index contributed by atoms with van der Waals surface area (Å²) in [4.78, 5) is 2.29. The first kappa shape index (κ1) is 23.5. The lowest BCUT2D eigenvalue weighted by molar-refractivity contribution is 0.169. The van der Waals surface area contributed by atoms with Gasteiger partial charge in [0, 0.05) is 20.2 Å². The van der Waals surface area contributed by atoms with Crippen LogP contribution in [0.5, 0.6) is 5.75 Å². The average Bonchev–Trinajstić information content (AvgIpc) is 3.33. The molecule has 0 aliphatic rings. The molecule has 4 rings (SSSR count). The number of nitrogens with zero attached hydrogens (tertiary/aromatic N) is 5. The van der Waals surface area contributed by atoms with Crippen molar-refractivity contribution in [3.63, 3.8) is 0 Å². The van der Waals surface area contributed by atoms with Crippen LogP contribution in [-0.4, -0.2) is 45.9 Å². The Morgan fingerprint density at radius 2 is 1.56 bits per heavy atom. The van der Waals surface area contributed by atoms with Crippen molar-refractivity contribution in [3.8, 4) is 5.75 Å². The predicted octanol–water partition coefficient (Wildman–Crippen LogP) is 4.26. The van der Waals surface area contributed by atoms with E-state index in [1.807, 2.05) is 42.5 Å². The molecule has 34 heavy (non-hydrogen) atoms. The van der Waals surface area contributed by atoms with Gasteiger partial charge in [0.1, 0.15) is 11.6 Å². The minimum absolute atomic E-state index is 0.286. The summed E-state index contributed by atoms with van der Waals surface area (Å²) in [6, 6.07) is 24.5. The number of hydrogen-bond donors (Lipinski definition) is 0. The molecular weight excluding hydrogens is 433 g/mol. The van der Waals surface area contributed by atoms with Crippen molar-refractivity contribution < 1.29 is 13.9 Å². The molecule has 0 radical (unpaired) electrons. The number of rotatable bonds is 11. The van der Waals surface area contributed by atoms with Gasteiger partial charge >= 0.3 is 0 Å². The Labute approximate surface area is 198 Å². The topological polar surface area (TPSA) is 65.3 Å². The Morgan fingerprint density at radius 3 is 2.21 bits per heavy atom. The number of methoxy groups -OCH3 is 2. The Bertz CT molecular complexity index is 1150. The third kappa shape index (κ3) is 5.84. The molecule has 0 saturated heterocycles. The van der Waals surface area contributed by atoms with Crippen molar-refractivity contribution in [2.45, 2.75) is 25.7 Å². The third-order valence-corrected chi connectivity index (χ3v) is 5.64. The fraction of sp³-hybridized carbons (Fsp3) is 0.269. The second-order valence-corrected chi connectivity index (χ2v) is 7.95. The molecule has 4 aromatic rings. The van der Waals surface area contributed by atoms with Crippen LogP contribution in [0, 0.1) is 5.82 Å². The number of ether oxygens (including phenoxy) is 2. The van der Waals surface area contributed by atoms with E-state index in [1.54, 1.807) is 31.0 Å². The molecule has 0 N–H and O–H groups in total. The number of aromatic nitrogens is 4. The van der Waals surface area contributed by atoms with Gasteiger partial charge in [-0.25, -0.2) is 9.07 Å². The minimum Gasteiger partial charge on any atom is -0.497 e. The van der Waals surface area contributed by atoms with Crippen molar-refractivity contribution in [1.29, 1.82) is 0 Å². The van der Waals surface area contributed by atoms with Gasteiger partial charge in [0.2, 0.25) is 0 Å². The molecule has 0 saturated carbocycles. The second kappa shape index (κ2) is 11.5. The van der Waals surface area contributed by atoms with Gasteiger partial charge in [-0.3, -0.25) is 4.90 Å². The van der Waals surface area contributed by atoms with Crippen LogP contribution in [-0.2, 0) is 24.4 Å². The second-order valence-electron chi connectivity index (χ2n) is 7.95. The summed E-state index contributed by atoms with van der Waals surface area (Å²) in [7, 11) is 3.30. The van der Waals surface area contributed by atoms with Crippen LogP contribution < -0.4 is 4.74 Å². The van der Waals surface area contributed by atoms with E-state index < -0.39 is 0 Å². The van der Waals surface area contributed by atoms with Crippen molar-refractivity contribution in [3.05, 3.63) is 107 Å². The van der Waals surface area contributed by atoms with Crippen LogP contribution in [0.4, 0.5) is 4.39 Å². The van der Waals surface area contributed by atoms with Crippen molar-refractivity contribution in [2.75, 3.05) is 20.8 Å². The number of tetrazole rings is 1. The smallest absolute Gasteiger partial charge is 0.173 e. The van der Waals surface area contributed by atoms with E-state index in [4.69, 9.17) is 9.47 Å². The van der Waals surface area contributed by atoms with Crippen LogP contribution in [0.1, 0.15) is 28.6 Å². The van der Waals surface area contributed by atoms with Gasteiger partial charge < -0.3 is 9.47 Å². The molecule has 7 nitrogen and oxygen atoms in total. The summed E-state index contributed by atoms with van der Waals surface area (Å²) in [5.41, 5.74) is 3.16. The maximum Gasteiger partial charge on any atom is 0.173 e. The number of halogens is 1. The van der Waals surface area contributed by atoms with Gasteiger partial charge in [0.05, 0.1) is 26.3 Å². The van der Waals surface area contributed by atoms with Gasteiger partial charge in [-0.05, 0) is 51.4 Å². The summed E-state index contributed by atoms with van der Waals surface area (Å²) in [6.45, 7) is 2.26. The number of hydrogen-bond acceptors (Lipinski definition) is 6. The van der Waals surface area contributed by atoms with Gasteiger partial charge in [-0.2, -0.15) is 0 Å².